The van der Waals surface area contributed by atoms with Crippen LogP contribution in [-0.2, 0) is 35.1 Å². The number of benzene rings is 1. The van der Waals surface area contributed by atoms with Crippen molar-refractivity contribution in [1.29, 1.82) is 0 Å². The van der Waals surface area contributed by atoms with Crippen LogP contribution in [-0.4, -0.2) is 116 Å². The van der Waals surface area contributed by atoms with E-state index in [2.05, 4.69) is 58.8 Å². The van der Waals surface area contributed by atoms with E-state index in [1.54, 1.807) is 0 Å². The number of aliphatic hydroxyl groups is 3. The van der Waals surface area contributed by atoms with Crippen molar-refractivity contribution >= 4 is 41.6 Å². The molecule has 11 N–H and O–H groups in total. The molecule has 1 saturated heterocycles. The number of rotatable bonds is 20. The number of alkyl carbamates (subject to hydrolysis) is 1. The highest BCUT2D eigenvalue weighted by molar-refractivity contribution is 5.99. The summed E-state index contributed by atoms with van der Waals surface area (Å²) in [6, 6.07) is 5.18. The number of alkyl halides is 2. The first kappa shape index (κ1) is 59.0. The minimum atomic E-state index is -3.96. The summed E-state index contributed by atoms with van der Waals surface area (Å²) in [4.78, 5) is 80.4. The molecule has 0 radical (unpaired) electrons. The molecule has 4 aliphatic carbocycles. The lowest BCUT2D eigenvalue weighted by Crippen LogP contribution is -2.58. The second kappa shape index (κ2) is 25.0. The van der Waals surface area contributed by atoms with Gasteiger partial charge >= 0.3 is 29.9 Å². The zero-order chi connectivity index (χ0) is 56.7. The van der Waals surface area contributed by atoms with Crippen LogP contribution in [0.3, 0.4) is 0 Å². The Morgan fingerprint density at radius 3 is 2.46 bits per heavy atom. The van der Waals surface area contributed by atoms with E-state index in [4.69, 9.17) is 30.4 Å². The van der Waals surface area contributed by atoms with Crippen LogP contribution in [0.15, 0.2) is 88.9 Å². The molecule has 5 fully saturated rings. The fourth-order valence-corrected chi connectivity index (χ4v) is 11.3. The third kappa shape index (κ3) is 14.5. The van der Waals surface area contributed by atoms with E-state index in [9.17, 15) is 52.9 Å². The van der Waals surface area contributed by atoms with Gasteiger partial charge in [0.25, 0.3) is 0 Å². The number of nitrogens with one attached hydrogen (secondary N) is 4. The summed E-state index contributed by atoms with van der Waals surface area (Å²) in [5.74, 6) is -4.36. The first-order chi connectivity index (χ1) is 36.9. The van der Waals surface area contributed by atoms with E-state index in [-0.39, 0.29) is 54.7 Å². The number of amides is 5. The van der Waals surface area contributed by atoms with Gasteiger partial charge in [0.2, 0.25) is 18.0 Å². The summed E-state index contributed by atoms with van der Waals surface area (Å²) < 4.78 is 51.4. The normalized spacial score (nSPS) is 28.1. The SMILES string of the molecule is C=C1/C(=C\C=C2/CCC[C@@]3(C)C2CCC3[C@@H](C)/C=C/C(OC(=O)NC(C)(C)C(=O)NC(CCCNC(N)=O)C(=O)Nc2ccc(COC(=O)OCC3OC(n4ccc(N)nc4=O)C(F)(F)C3O)cc2)C2CC2)C[C@@H](O)C[C@@H]1O. The molecule has 5 amide bonds. The number of urea groups is 1. The molecule has 78 heavy (non-hydrogen) atoms. The topological polar surface area (TPSA) is 318 Å². The third-order valence-electron chi connectivity index (χ3n) is 15.9. The molecule has 7 rings (SSSR count). The van der Waals surface area contributed by atoms with Crippen molar-refractivity contribution < 1.29 is 67.0 Å². The number of nitrogens with two attached hydrogens (primary N) is 2. The van der Waals surface area contributed by atoms with E-state index in [1.807, 2.05) is 12.2 Å². The second-order valence-corrected chi connectivity index (χ2v) is 22.0. The van der Waals surface area contributed by atoms with E-state index >= 15 is 0 Å². The molecule has 11 atom stereocenters. The van der Waals surface area contributed by atoms with Gasteiger partial charge in [-0.3, -0.25) is 14.2 Å². The molecular weight excluding hydrogens is 1020 g/mol. The van der Waals surface area contributed by atoms with Crippen LogP contribution < -0.4 is 38.4 Å². The van der Waals surface area contributed by atoms with Crippen LogP contribution in [0.5, 0.6) is 0 Å². The summed E-state index contributed by atoms with van der Waals surface area (Å²) in [5.41, 5.74) is 11.7. The smallest absolute Gasteiger partial charge is 0.442 e. The van der Waals surface area contributed by atoms with Gasteiger partial charge in [-0.05, 0) is 148 Å². The Morgan fingerprint density at radius 1 is 1.04 bits per heavy atom. The molecular formula is C55H74F2N8O13. The number of carbonyl (C=O) groups is 5. The standard InChI is InChI=1S/C55H74F2N8O13/c1-30(38-19-20-39-33(8-6-23-54(38,39)5)13-16-35-26-37(66)27-41(67)31(35)2)10-21-42(34-14-15-34)78-51(73)64-53(3,4)47(70)62-40(9-7-24-60-49(59)71)46(69)61-36-17-11-32(12-18-36)28-75-52(74)76-29-43-45(68)55(56,57)48(77-43)65-25-22-44(58)63-50(65)72/h10-13,16-18,21-22,25,30,34,37-43,45,48,66-68H,2,6-9,14-15,19-20,23-24,26-29H2,1,3-5H3,(H,61,69)(H,62,70)(H,64,73)(H2,58,63,72)(H3,59,60,71)/b21-10+,33-13+,35-16-/t30-,37+,38?,39?,40?,41-,42?,43?,45?,48?,54+/m0/s1. The zero-order valence-corrected chi connectivity index (χ0v) is 44.5. The van der Waals surface area contributed by atoms with Crippen molar-refractivity contribution in [3.63, 3.8) is 0 Å². The number of primary amides is 1. The third-order valence-corrected chi connectivity index (χ3v) is 15.9. The number of anilines is 2. The van der Waals surface area contributed by atoms with Crippen LogP contribution in [0.1, 0.15) is 110 Å². The maximum absolute atomic E-state index is 14.9. The molecule has 426 valence electrons. The number of nitrogen functional groups attached to an aromatic ring is 1. The second-order valence-electron chi connectivity index (χ2n) is 22.0. The molecule has 1 aromatic carbocycles. The van der Waals surface area contributed by atoms with Gasteiger partial charge in [0.05, 0.1) is 12.2 Å². The number of halogens is 2. The van der Waals surface area contributed by atoms with Gasteiger partial charge in [0, 0.05) is 24.8 Å². The van der Waals surface area contributed by atoms with Crippen LogP contribution >= 0.6 is 0 Å². The molecule has 0 bridgehead atoms. The van der Waals surface area contributed by atoms with Gasteiger partial charge in [-0.15, -0.1) is 0 Å². The lowest BCUT2D eigenvalue weighted by Gasteiger charge is -2.44. The Morgan fingerprint density at radius 2 is 1.77 bits per heavy atom. The Labute approximate surface area is 451 Å². The van der Waals surface area contributed by atoms with Gasteiger partial charge in [-0.25, -0.2) is 19.2 Å². The van der Waals surface area contributed by atoms with Crippen molar-refractivity contribution in [1.82, 2.24) is 25.5 Å². The first-order valence-corrected chi connectivity index (χ1v) is 26.6. The molecule has 5 aliphatic rings. The maximum atomic E-state index is 14.9. The Bertz CT molecular complexity index is 2690. The number of hydrogen-bond acceptors (Lipinski definition) is 15. The van der Waals surface area contributed by atoms with Crippen LogP contribution in [0.4, 0.5) is 34.7 Å². The molecule has 1 aromatic heterocycles. The predicted octanol–water partition coefficient (Wildman–Crippen LogP) is 5.56. The van der Waals surface area contributed by atoms with Crippen LogP contribution in [0.2, 0.25) is 0 Å². The number of hydrogen-bond donors (Lipinski definition) is 9. The van der Waals surface area contributed by atoms with Crippen molar-refractivity contribution in [2.24, 2.45) is 34.8 Å². The Kier molecular flexibility index (Phi) is 18.9. The number of carbonyl (C=O) groups excluding carboxylic acids is 5. The van der Waals surface area contributed by atoms with Crippen LogP contribution in [0, 0.1) is 29.1 Å². The number of fused-ring (bicyclic) bond motifs is 1. The molecule has 1 aliphatic heterocycles. The molecule has 7 unspecified atom stereocenters. The fourth-order valence-electron chi connectivity index (χ4n) is 11.3. The van der Waals surface area contributed by atoms with E-state index in [0.29, 0.717) is 40.4 Å². The average molecular weight is 1090 g/mol. The number of allylic oxidation sites excluding steroid dienone is 4. The lowest BCUT2D eigenvalue weighted by molar-refractivity contribution is -0.141. The summed E-state index contributed by atoms with van der Waals surface area (Å²) in [6.07, 6.45) is 7.12. The first-order valence-electron chi connectivity index (χ1n) is 26.6. The minimum absolute atomic E-state index is 0.0556. The summed E-state index contributed by atoms with van der Waals surface area (Å²) in [6.45, 7) is 10.6. The molecule has 2 heterocycles. The van der Waals surface area contributed by atoms with Gasteiger partial charge in [-0.1, -0.05) is 56.4 Å². The fraction of sp³-hybridized carbons (Fsp3) is 0.582. The number of ether oxygens (including phenoxy) is 4. The summed E-state index contributed by atoms with van der Waals surface area (Å²) in [5, 5.41) is 41.4. The monoisotopic (exact) mass is 1090 g/mol. The summed E-state index contributed by atoms with van der Waals surface area (Å²) in [7, 11) is 0. The average Bonchev–Trinajstić information content (AvgIpc) is 4.28. The molecule has 21 nitrogen and oxygen atoms in total. The van der Waals surface area contributed by atoms with Crippen molar-refractivity contribution in [3.05, 3.63) is 100 Å². The number of nitrogens with zero attached hydrogens (tertiary/aromatic N) is 2. The minimum Gasteiger partial charge on any atom is -0.442 e. The molecule has 2 aromatic rings. The largest absolute Gasteiger partial charge is 0.508 e. The summed E-state index contributed by atoms with van der Waals surface area (Å²) >= 11 is 0. The van der Waals surface area contributed by atoms with Crippen molar-refractivity contribution in [2.75, 3.05) is 24.2 Å². The highest BCUT2D eigenvalue weighted by Crippen LogP contribution is 2.59. The van der Waals surface area contributed by atoms with Crippen molar-refractivity contribution in [2.45, 2.75) is 159 Å². The zero-order valence-electron chi connectivity index (χ0n) is 44.5. The van der Waals surface area contributed by atoms with Gasteiger partial charge in [-0.2, -0.15) is 13.8 Å². The number of aliphatic hydroxyl groups excluding tert-OH is 3. The number of aromatic nitrogens is 2. The predicted molar refractivity (Wildman–Crippen MR) is 281 cm³/mol. The molecule has 4 saturated carbocycles. The molecule has 23 heteroatoms. The van der Waals surface area contributed by atoms with Gasteiger partial charge in [0.1, 0.15) is 42.8 Å². The van der Waals surface area contributed by atoms with E-state index in [1.165, 1.54) is 43.7 Å². The van der Waals surface area contributed by atoms with E-state index < -0.39 is 96.6 Å². The molecule has 0 spiro atoms. The van der Waals surface area contributed by atoms with Gasteiger partial charge < -0.3 is 67.0 Å². The van der Waals surface area contributed by atoms with E-state index in [0.717, 1.165) is 62.8 Å². The highest BCUT2D eigenvalue weighted by atomic mass is 19.3. The Balaban J connectivity index is 0.895. The van der Waals surface area contributed by atoms with Crippen molar-refractivity contribution in [3.8, 4) is 0 Å². The quantitative estimate of drug-likeness (QED) is 0.0445. The van der Waals surface area contributed by atoms with Gasteiger partial charge in [0.15, 0.2) is 6.10 Å². The maximum Gasteiger partial charge on any atom is 0.508 e. The highest BCUT2D eigenvalue weighted by Gasteiger charge is 2.60. The lowest BCUT2D eigenvalue weighted by atomic mass is 9.61. The Hall–Kier alpha value is -6.69. The van der Waals surface area contributed by atoms with Crippen LogP contribution in [0.25, 0.3) is 0 Å².